The zero-order valence-corrected chi connectivity index (χ0v) is 11.9. The van der Waals surface area contributed by atoms with Gasteiger partial charge in [-0.1, -0.05) is 12.1 Å². The lowest BCUT2D eigenvalue weighted by atomic mass is 10.1. The molecule has 6 heteroatoms. The van der Waals surface area contributed by atoms with Gasteiger partial charge in [0.05, 0.1) is 6.54 Å². The number of rotatable bonds is 5. The molecule has 0 aliphatic carbocycles. The first-order chi connectivity index (χ1) is 10.5. The lowest BCUT2D eigenvalue weighted by molar-refractivity contribution is -0.115. The smallest absolute Gasteiger partial charge is 0.238 e. The van der Waals surface area contributed by atoms with Crippen molar-refractivity contribution < 1.29 is 18.0 Å². The van der Waals surface area contributed by atoms with E-state index in [2.05, 4.69) is 10.6 Å². The highest BCUT2D eigenvalue weighted by Gasteiger charge is 2.13. The SMILES string of the molecule is C[C@H](NCC(=O)Nc1cccc(F)c1)c1ccc(F)cc1F. The van der Waals surface area contributed by atoms with E-state index in [0.717, 1.165) is 12.1 Å². The maximum atomic E-state index is 13.6. The van der Waals surface area contributed by atoms with Crippen molar-refractivity contribution in [3.8, 4) is 0 Å². The zero-order valence-electron chi connectivity index (χ0n) is 11.9. The Kier molecular flexibility index (Phi) is 5.16. The summed E-state index contributed by atoms with van der Waals surface area (Å²) in [5, 5.41) is 5.34. The molecule has 0 aliphatic rings. The predicted molar refractivity (Wildman–Crippen MR) is 77.8 cm³/mol. The number of carbonyl (C=O) groups is 1. The highest BCUT2D eigenvalue weighted by Crippen LogP contribution is 2.17. The van der Waals surface area contributed by atoms with Gasteiger partial charge in [-0.25, -0.2) is 13.2 Å². The van der Waals surface area contributed by atoms with Gasteiger partial charge in [-0.2, -0.15) is 0 Å². The Morgan fingerprint density at radius 1 is 1.09 bits per heavy atom. The molecule has 0 radical (unpaired) electrons. The second-order valence-corrected chi connectivity index (χ2v) is 4.83. The second-order valence-electron chi connectivity index (χ2n) is 4.83. The van der Waals surface area contributed by atoms with E-state index in [9.17, 15) is 18.0 Å². The molecule has 1 atom stereocenters. The number of carbonyl (C=O) groups excluding carboxylic acids is 1. The number of halogens is 3. The number of anilines is 1. The summed E-state index contributed by atoms with van der Waals surface area (Å²) in [6.07, 6.45) is 0. The summed E-state index contributed by atoms with van der Waals surface area (Å²) in [5.74, 6) is -2.17. The lowest BCUT2D eigenvalue weighted by Crippen LogP contribution is -2.30. The van der Waals surface area contributed by atoms with E-state index in [1.165, 1.54) is 24.3 Å². The summed E-state index contributed by atoms with van der Waals surface area (Å²) >= 11 is 0. The molecule has 22 heavy (non-hydrogen) atoms. The van der Waals surface area contributed by atoms with Crippen molar-refractivity contribution in [1.82, 2.24) is 5.32 Å². The Morgan fingerprint density at radius 3 is 2.50 bits per heavy atom. The number of benzene rings is 2. The largest absolute Gasteiger partial charge is 0.325 e. The van der Waals surface area contributed by atoms with E-state index in [1.807, 2.05) is 0 Å². The Morgan fingerprint density at radius 2 is 1.82 bits per heavy atom. The van der Waals surface area contributed by atoms with Crippen LogP contribution < -0.4 is 10.6 Å². The van der Waals surface area contributed by atoms with Crippen LogP contribution in [0.1, 0.15) is 18.5 Å². The van der Waals surface area contributed by atoms with Gasteiger partial charge in [0.2, 0.25) is 5.91 Å². The van der Waals surface area contributed by atoms with Crippen LogP contribution in [-0.4, -0.2) is 12.5 Å². The van der Waals surface area contributed by atoms with Crippen LogP contribution in [0.15, 0.2) is 42.5 Å². The molecule has 2 N–H and O–H groups in total. The first kappa shape index (κ1) is 16.0. The average Bonchev–Trinajstić information content (AvgIpc) is 2.45. The summed E-state index contributed by atoms with van der Waals surface area (Å²) in [7, 11) is 0. The summed E-state index contributed by atoms with van der Waals surface area (Å²) in [5.41, 5.74) is 0.604. The minimum Gasteiger partial charge on any atom is -0.325 e. The van der Waals surface area contributed by atoms with Crippen LogP contribution in [0.2, 0.25) is 0 Å². The normalized spacial score (nSPS) is 12.0. The molecule has 0 spiro atoms. The van der Waals surface area contributed by atoms with Crippen molar-refractivity contribution in [2.45, 2.75) is 13.0 Å². The first-order valence-electron chi connectivity index (χ1n) is 6.69. The molecular formula is C16H15F3N2O. The van der Waals surface area contributed by atoms with Crippen molar-refractivity contribution in [2.75, 3.05) is 11.9 Å². The van der Waals surface area contributed by atoms with Crippen molar-refractivity contribution in [1.29, 1.82) is 0 Å². The molecule has 0 fully saturated rings. The molecular weight excluding hydrogens is 293 g/mol. The third-order valence-electron chi connectivity index (χ3n) is 3.11. The minimum absolute atomic E-state index is 0.0888. The van der Waals surface area contributed by atoms with E-state index < -0.39 is 23.5 Å². The fourth-order valence-electron chi connectivity index (χ4n) is 1.98. The highest BCUT2D eigenvalue weighted by atomic mass is 19.1. The Hall–Kier alpha value is -2.34. The number of hydrogen-bond donors (Lipinski definition) is 2. The molecule has 0 saturated carbocycles. The van der Waals surface area contributed by atoms with Crippen molar-refractivity contribution in [3.63, 3.8) is 0 Å². The van der Waals surface area contributed by atoms with Crippen LogP contribution in [0, 0.1) is 17.5 Å². The van der Waals surface area contributed by atoms with Crippen LogP contribution in [0.25, 0.3) is 0 Å². The van der Waals surface area contributed by atoms with Crippen LogP contribution in [0.5, 0.6) is 0 Å². The van der Waals surface area contributed by atoms with Gasteiger partial charge < -0.3 is 10.6 Å². The van der Waals surface area contributed by atoms with Crippen molar-refractivity contribution in [3.05, 3.63) is 65.5 Å². The van der Waals surface area contributed by atoms with E-state index in [-0.39, 0.29) is 18.0 Å². The van der Waals surface area contributed by atoms with Crippen molar-refractivity contribution in [2.24, 2.45) is 0 Å². The maximum absolute atomic E-state index is 13.6. The van der Waals surface area contributed by atoms with Gasteiger partial charge in [-0.3, -0.25) is 4.79 Å². The van der Waals surface area contributed by atoms with E-state index >= 15 is 0 Å². The molecule has 0 aromatic heterocycles. The topological polar surface area (TPSA) is 41.1 Å². The van der Waals surface area contributed by atoms with Gasteiger partial charge in [0, 0.05) is 23.4 Å². The average molecular weight is 308 g/mol. The molecule has 2 rings (SSSR count). The number of amides is 1. The van der Waals surface area contributed by atoms with E-state index in [1.54, 1.807) is 13.0 Å². The standard InChI is InChI=1S/C16H15F3N2O/c1-10(14-6-5-12(18)8-15(14)19)20-9-16(22)21-13-4-2-3-11(17)7-13/h2-8,10,20H,9H2,1H3,(H,21,22)/t10-/m0/s1. The van der Waals surface area contributed by atoms with Crippen LogP contribution in [0.3, 0.4) is 0 Å². The van der Waals surface area contributed by atoms with Gasteiger partial charge in [0.15, 0.2) is 0 Å². The molecule has 3 nitrogen and oxygen atoms in total. The van der Waals surface area contributed by atoms with Gasteiger partial charge >= 0.3 is 0 Å². The molecule has 0 saturated heterocycles. The fourth-order valence-corrected chi connectivity index (χ4v) is 1.98. The predicted octanol–water partition coefficient (Wildman–Crippen LogP) is 3.39. The Bertz CT molecular complexity index is 676. The summed E-state index contributed by atoms with van der Waals surface area (Å²) in [6.45, 7) is 1.57. The lowest BCUT2D eigenvalue weighted by Gasteiger charge is -2.15. The molecule has 0 aliphatic heterocycles. The first-order valence-corrected chi connectivity index (χ1v) is 6.69. The van der Waals surface area contributed by atoms with Gasteiger partial charge in [-0.15, -0.1) is 0 Å². The van der Waals surface area contributed by atoms with Gasteiger partial charge in [0.25, 0.3) is 0 Å². The number of nitrogens with one attached hydrogen (secondary N) is 2. The second kappa shape index (κ2) is 7.09. The molecule has 1 amide bonds. The third kappa shape index (κ3) is 4.33. The Balaban J connectivity index is 1.90. The van der Waals surface area contributed by atoms with Crippen LogP contribution in [-0.2, 0) is 4.79 Å². The fraction of sp³-hybridized carbons (Fsp3) is 0.188. The quantitative estimate of drug-likeness (QED) is 0.889. The molecule has 2 aromatic rings. The monoisotopic (exact) mass is 308 g/mol. The molecule has 0 unspecified atom stereocenters. The van der Waals surface area contributed by atoms with Crippen molar-refractivity contribution >= 4 is 11.6 Å². The molecule has 116 valence electrons. The Labute approximate surface area is 126 Å². The highest BCUT2D eigenvalue weighted by molar-refractivity contribution is 5.92. The van der Waals surface area contributed by atoms with Gasteiger partial charge in [-0.05, 0) is 31.2 Å². The van der Waals surface area contributed by atoms with E-state index in [4.69, 9.17) is 0 Å². The van der Waals surface area contributed by atoms with E-state index in [0.29, 0.717) is 5.69 Å². The summed E-state index contributed by atoms with van der Waals surface area (Å²) in [6, 6.07) is 8.31. The molecule has 2 aromatic carbocycles. The summed E-state index contributed by atoms with van der Waals surface area (Å²) < 4.78 is 39.4. The van der Waals surface area contributed by atoms with Gasteiger partial charge in [0.1, 0.15) is 17.5 Å². The summed E-state index contributed by atoms with van der Waals surface area (Å²) in [4.78, 5) is 11.7. The third-order valence-corrected chi connectivity index (χ3v) is 3.11. The number of hydrogen-bond acceptors (Lipinski definition) is 2. The van der Waals surface area contributed by atoms with Crippen LogP contribution >= 0.6 is 0 Å². The van der Waals surface area contributed by atoms with Crippen LogP contribution in [0.4, 0.5) is 18.9 Å². The molecule has 0 bridgehead atoms. The zero-order chi connectivity index (χ0) is 16.1. The molecule has 0 heterocycles. The minimum atomic E-state index is -0.675. The maximum Gasteiger partial charge on any atom is 0.238 e.